The number of aryl methyl sites for hydroxylation is 1. The third-order valence-corrected chi connectivity index (χ3v) is 6.21. The lowest BCUT2D eigenvalue weighted by Gasteiger charge is -2.16. The summed E-state index contributed by atoms with van der Waals surface area (Å²) in [4.78, 5) is 30.8. The molecule has 27 heavy (non-hydrogen) atoms. The van der Waals surface area contributed by atoms with Crippen LogP contribution in [0.15, 0.2) is 51.6 Å². The van der Waals surface area contributed by atoms with E-state index in [4.69, 9.17) is 0 Å². The van der Waals surface area contributed by atoms with Gasteiger partial charge < -0.3 is 9.88 Å². The summed E-state index contributed by atoms with van der Waals surface area (Å²) in [6.45, 7) is 4.61. The molecule has 3 aromatic rings. The average molecular weight is 402 g/mol. The van der Waals surface area contributed by atoms with E-state index in [1.165, 1.54) is 11.8 Å². The SMILES string of the molecule is CCCC(NC(=O)CSc1nc2ccccc2n(CC)c1=O)c1cccs1. The Hall–Kier alpha value is -2.12. The first-order valence-electron chi connectivity index (χ1n) is 9.09. The molecule has 0 radical (unpaired) electrons. The van der Waals surface area contributed by atoms with E-state index in [-0.39, 0.29) is 23.3 Å². The summed E-state index contributed by atoms with van der Waals surface area (Å²) >= 11 is 2.85. The molecule has 0 fully saturated rings. The fourth-order valence-electron chi connectivity index (χ4n) is 3.01. The largest absolute Gasteiger partial charge is 0.348 e. The van der Waals surface area contributed by atoms with E-state index in [1.807, 2.05) is 48.7 Å². The molecule has 1 unspecified atom stereocenters. The molecule has 2 aromatic heterocycles. The lowest BCUT2D eigenvalue weighted by atomic mass is 10.1. The van der Waals surface area contributed by atoms with E-state index in [2.05, 4.69) is 17.2 Å². The monoisotopic (exact) mass is 401 g/mol. The van der Waals surface area contributed by atoms with Gasteiger partial charge in [0.2, 0.25) is 5.91 Å². The van der Waals surface area contributed by atoms with Crippen molar-refractivity contribution in [3.63, 3.8) is 0 Å². The van der Waals surface area contributed by atoms with Crippen molar-refractivity contribution < 1.29 is 4.79 Å². The van der Waals surface area contributed by atoms with Gasteiger partial charge in [-0.05, 0) is 36.9 Å². The average Bonchev–Trinajstić information content (AvgIpc) is 3.21. The molecule has 0 spiro atoms. The van der Waals surface area contributed by atoms with Crippen molar-refractivity contribution in [2.24, 2.45) is 0 Å². The van der Waals surface area contributed by atoms with Crippen LogP contribution in [0.2, 0.25) is 0 Å². The number of fused-ring (bicyclic) bond motifs is 1. The minimum Gasteiger partial charge on any atom is -0.348 e. The normalized spacial score (nSPS) is 12.2. The standard InChI is InChI=1S/C20H23N3O2S2/c1-3-8-15(17-11-7-12-26-17)21-18(24)13-27-19-20(25)23(4-2)16-10-6-5-9-14(16)22-19/h5-7,9-12,15H,3-4,8,13H2,1-2H3,(H,21,24). The second kappa shape index (κ2) is 9.19. The summed E-state index contributed by atoms with van der Waals surface area (Å²) < 4.78 is 1.70. The Balaban J connectivity index is 1.73. The predicted molar refractivity (Wildman–Crippen MR) is 113 cm³/mol. The molecule has 3 rings (SSSR count). The van der Waals surface area contributed by atoms with Crippen molar-refractivity contribution >= 4 is 40.0 Å². The highest BCUT2D eigenvalue weighted by Crippen LogP contribution is 2.24. The number of nitrogens with zero attached hydrogens (tertiary/aromatic N) is 2. The summed E-state index contributed by atoms with van der Waals surface area (Å²) in [5.41, 5.74) is 1.45. The maximum absolute atomic E-state index is 12.7. The van der Waals surface area contributed by atoms with Crippen LogP contribution in [0.25, 0.3) is 11.0 Å². The minimum absolute atomic E-state index is 0.0277. The molecule has 0 saturated heterocycles. The first kappa shape index (κ1) is 19.6. The van der Waals surface area contributed by atoms with Crippen LogP contribution >= 0.6 is 23.1 Å². The molecule has 142 valence electrons. The van der Waals surface area contributed by atoms with Gasteiger partial charge in [-0.25, -0.2) is 4.98 Å². The topological polar surface area (TPSA) is 64.0 Å². The molecule has 0 aliphatic carbocycles. The summed E-state index contributed by atoms with van der Waals surface area (Å²) in [5, 5.41) is 5.48. The van der Waals surface area contributed by atoms with Gasteiger partial charge in [-0.3, -0.25) is 9.59 Å². The number of para-hydroxylation sites is 2. The van der Waals surface area contributed by atoms with Crippen LogP contribution in [0.1, 0.15) is 37.6 Å². The van der Waals surface area contributed by atoms with Crippen LogP contribution in [0.5, 0.6) is 0 Å². The molecule has 1 amide bonds. The van der Waals surface area contributed by atoms with Crippen molar-refractivity contribution in [2.45, 2.75) is 44.3 Å². The van der Waals surface area contributed by atoms with Crippen molar-refractivity contribution in [1.82, 2.24) is 14.9 Å². The Morgan fingerprint density at radius 2 is 2.07 bits per heavy atom. The Bertz CT molecular complexity index is 967. The number of carbonyl (C=O) groups excluding carboxylic acids is 1. The van der Waals surface area contributed by atoms with Gasteiger partial charge in [0.1, 0.15) is 0 Å². The van der Waals surface area contributed by atoms with Crippen molar-refractivity contribution in [1.29, 1.82) is 0 Å². The number of hydrogen-bond acceptors (Lipinski definition) is 5. The molecule has 1 aromatic carbocycles. The lowest BCUT2D eigenvalue weighted by molar-refractivity contribution is -0.119. The Morgan fingerprint density at radius 3 is 2.78 bits per heavy atom. The molecule has 1 N–H and O–H groups in total. The van der Waals surface area contributed by atoms with E-state index in [9.17, 15) is 9.59 Å². The highest BCUT2D eigenvalue weighted by Gasteiger charge is 2.17. The molecule has 0 aliphatic rings. The number of hydrogen-bond donors (Lipinski definition) is 1. The summed E-state index contributed by atoms with van der Waals surface area (Å²) in [5.74, 6) is 0.0971. The van der Waals surface area contributed by atoms with E-state index in [0.29, 0.717) is 11.6 Å². The van der Waals surface area contributed by atoms with Crippen molar-refractivity contribution in [3.05, 3.63) is 57.0 Å². The van der Waals surface area contributed by atoms with E-state index >= 15 is 0 Å². The number of rotatable bonds is 8. The molecule has 1 atom stereocenters. The third-order valence-electron chi connectivity index (χ3n) is 4.28. The van der Waals surface area contributed by atoms with Gasteiger partial charge in [0.05, 0.1) is 22.8 Å². The fourth-order valence-corrected chi connectivity index (χ4v) is 4.57. The number of carbonyl (C=O) groups is 1. The minimum atomic E-state index is -0.141. The summed E-state index contributed by atoms with van der Waals surface area (Å²) in [6, 6.07) is 11.6. The van der Waals surface area contributed by atoms with Crippen molar-refractivity contribution in [3.8, 4) is 0 Å². The van der Waals surface area contributed by atoms with Crippen LogP contribution < -0.4 is 10.9 Å². The molecule has 7 heteroatoms. The lowest BCUT2D eigenvalue weighted by Crippen LogP contribution is -2.30. The predicted octanol–water partition coefficient (Wildman–Crippen LogP) is 4.23. The number of thioether (sulfide) groups is 1. The van der Waals surface area contributed by atoms with Crippen LogP contribution in [0, 0.1) is 0 Å². The number of benzene rings is 1. The first-order chi connectivity index (χ1) is 13.1. The molecule has 0 saturated carbocycles. The number of amides is 1. The maximum Gasteiger partial charge on any atom is 0.283 e. The molecular weight excluding hydrogens is 378 g/mol. The molecule has 0 aliphatic heterocycles. The summed E-state index contributed by atoms with van der Waals surface area (Å²) in [7, 11) is 0. The zero-order valence-corrected chi connectivity index (χ0v) is 17.1. The van der Waals surface area contributed by atoms with Crippen LogP contribution in [0.3, 0.4) is 0 Å². The smallest absolute Gasteiger partial charge is 0.283 e. The van der Waals surface area contributed by atoms with Crippen LogP contribution in [-0.2, 0) is 11.3 Å². The quantitative estimate of drug-likeness (QED) is 0.574. The molecule has 0 bridgehead atoms. The molecule has 5 nitrogen and oxygen atoms in total. The van der Waals surface area contributed by atoms with Gasteiger partial charge in [-0.2, -0.15) is 0 Å². The van der Waals surface area contributed by atoms with Gasteiger partial charge >= 0.3 is 0 Å². The van der Waals surface area contributed by atoms with E-state index < -0.39 is 0 Å². The van der Waals surface area contributed by atoms with Gasteiger partial charge in [-0.15, -0.1) is 11.3 Å². The zero-order chi connectivity index (χ0) is 19.2. The van der Waals surface area contributed by atoms with Crippen LogP contribution in [-0.4, -0.2) is 21.2 Å². The zero-order valence-electron chi connectivity index (χ0n) is 15.5. The Morgan fingerprint density at radius 1 is 1.26 bits per heavy atom. The van der Waals surface area contributed by atoms with E-state index in [1.54, 1.807) is 15.9 Å². The molecular formula is C20H23N3O2S2. The second-order valence-electron chi connectivity index (χ2n) is 6.17. The van der Waals surface area contributed by atoms with Gasteiger partial charge in [-0.1, -0.05) is 43.3 Å². The van der Waals surface area contributed by atoms with Crippen LogP contribution in [0.4, 0.5) is 0 Å². The van der Waals surface area contributed by atoms with Gasteiger partial charge in [0, 0.05) is 11.4 Å². The molecule has 2 heterocycles. The van der Waals surface area contributed by atoms with Crippen molar-refractivity contribution in [2.75, 3.05) is 5.75 Å². The fraction of sp³-hybridized carbons (Fsp3) is 0.350. The number of thiophene rings is 1. The van der Waals surface area contributed by atoms with E-state index in [0.717, 1.165) is 28.8 Å². The Kier molecular flexibility index (Phi) is 6.68. The van der Waals surface area contributed by atoms with Gasteiger partial charge in [0.15, 0.2) is 5.03 Å². The summed E-state index contributed by atoms with van der Waals surface area (Å²) in [6.07, 6.45) is 1.89. The second-order valence-corrected chi connectivity index (χ2v) is 8.11. The number of nitrogens with one attached hydrogen (secondary N) is 1. The number of aromatic nitrogens is 2. The first-order valence-corrected chi connectivity index (χ1v) is 11.0. The highest BCUT2D eigenvalue weighted by atomic mass is 32.2. The third kappa shape index (κ3) is 4.59. The highest BCUT2D eigenvalue weighted by molar-refractivity contribution is 7.99. The van der Waals surface area contributed by atoms with Gasteiger partial charge in [0.25, 0.3) is 5.56 Å². The maximum atomic E-state index is 12.7. The Labute approximate surface area is 166 Å².